The van der Waals surface area contributed by atoms with Crippen LogP contribution in [0.1, 0.15) is 22.1 Å². The van der Waals surface area contributed by atoms with E-state index in [-0.39, 0.29) is 17.3 Å². The maximum atomic E-state index is 10.5. The number of carbonyl (C=O) groups excluding carboxylic acids is 1. The van der Waals surface area contributed by atoms with E-state index in [0.717, 1.165) is 0 Å². The number of furan rings is 2. The van der Waals surface area contributed by atoms with Crippen molar-refractivity contribution in [3.63, 3.8) is 0 Å². The van der Waals surface area contributed by atoms with Crippen LogP contribution in [0.25, 0.3) is 0 Å². The quantitative estimate of drug-likeness (QED) is 0.627. The molecule has 2 aromatic heterocycles. The summed E-state index contributed by atoms with van der Waals surface area (Å²) in [6.07, 6.45) is 1.95. The van der Waals surface area contributed by atoms with Gasteiger partial charge in [-0.2, -0.15) is 0 Å². The van der Waals surface area contributed by atoms with Crippen LogP contribution in [0, 0.1) is 0 Å². The summed E-state index contributed by atoms with van der Waals surface area (Å²) in [5.41, 5.74) is 0. The average molecular weight is 222 g/mol. The van der Waals surface area contributed by atoms with Gasteiger partial charge in [0.15, 0.2) is 23.6 Å². The highest BCUT2D eigenvalue weighted by atomic mass is 16.6. The van der Waals surface area contributed by atoms with Crippen molar-refractivity contribution in [2.45, 2.75) is 5.79 Å². The van der Waals surface area contributed by atoms with Crippen molar-refractivity contribution in [2.75, 3.05) is 7.11 Å². The van der Waals surface area contributed by atoms with Crippen molar-refractivity contribution in [3.05, 3.63) is 47.8 Å². The van der Waals surface area contributed by atoms with Crippen LogP contribution in [0.5, 0.6) is 0 Å². The molecule has 2 heterocycles. The third-order valence-electron chi connectivity index (χ3n) is 2.23. The van der Waals surface area contributed by atoms with Crippen molar-refractivity contribution < 1.29 is 23.5 Å². The number of rotatable bonds is 4. The number of hydrogen-bond acceptors (Lipinski definition) is 5. The van der Waals surface area contributed by atoms with Gasteiger partial charge in [-0.05, 0) is 24.3 Å². The molecule has 16 heavy (non-hydrogen) atoms. The molecule has 2 rings (SSSR count). The van der Waals surface area contributed by atoms with Crippen molar-refractivity contribution in [1.29, 1.82) is 0 Å². The number of aldehydes is 1. The van der Waals surface area contributed by atoms with Crippen LogP contribution < -0.4 is 0 Å². The van der Waals surface area contributed by atoms with Gasteiger partial charge in [-0.1, -0.05) is 0 Å². The minimum absolute atomic E-state index is 0.0899. The molecule has 2 aromatic rings. The highest BCUT2D eigenvalue weighted by Gasteiger charge is 2.38. The van der Waals surface area contributed by atoms with Crippen molar-refractivity contribution >= 4 is 6.29 Å². The zero-order chi connectivity index (χ0) is 11.6. The van der Waals surface area contributed by atoms with E-state index in [9.17, 15) is 9.90 Å². The Morgan fingerprint density at radius 3 is 2.69 bits per heavy atom. The van der Waals surface area contributed by atoms with Gasteiger partial charge >= 0.3 is 0 Å². The molecule has 0 aliphatic rings. The van der Waals surface area contributed by atoms with Crippen LogP contribution >= 0.6 is 0 Å². The van der Waals surface area contributed by atoms with E-state index in [4.69, 9.17) is 13.6 Å². The second kappa shape index (κ2) is 3.96. The van der Waals surface area contributed by atoms with Gasteiger partial charge in [-0.15, -0.1) is 0 Å². The van der Waals surface area contributed by atoms with Gasteiger partial charge in [0.2, 0.25) is 0 Å². The monoisotopic (exact) mass is 222 g/mol. The maximum absolute atomic E-state index is 10.5. The molecule has 1 atom stereocenters. The largest absolute Gasteiger partial charge is 0.463 e. The number of ether oxygens (including phenoxy) is 1. The van der Waals surface area contributed by atoms with E-state index in [1.54, 1.807) is 12.1 Å². The third-order valence-corrected chi connectivity index (χ3v) is 2.23. The molecule has 0 radical (unpaired) electrons. The maximum Gasteiger partial charge on any atom is 0.286 e. The van der Waals surface area contributed by atoms with Crippen molar-refractivity contribution in [2.24, 2.45) is 0 Å². The lowest BCUT2D eigenvalue weighted by Gasteiger charge is -2.21. The molecule has 0 fully saturated rings. The first-order chi connectivity index (χ1) is 7.70. The first-order valence-electron chi connectivity index (χ1n) is 4.57. The van der Waals surface area contributed by atoms with Gasteiger partial charge in [0.1, 0.15) is 0 Å². The Morgan fingerprint density at radius 1 is 1.38 bits per heavy atom. The van der Waals surface area contributed by atoms with Gasteiger partial charge < -0.3 is 18.7 Å². The Labute approximate surface area is 91.2 Å². The van der Waals surface area contributed by atoms with Crippen LogP contribution in [0.15, 0.2) is 39.4 Å². The lowest BCUT2D eigenvalue weighted by Crippen LogP contribution is -2.28. The summed E-state index contributed by atoms with van der Waals surface area (Å²) in [5, 5.41) is 10.2. The van der Waals surface area contributed by atoms with Crippen LogP contribution in [0.4, 0.5) is 0 Å². The Kier molecular flexibility index (Phi) is 2.64. The summed E-state index contributed by atoms with van der Waals surface area (Å²) in [6.45, 7) is 0. The lowest BCUT2D eigenvalue weighted by molar-refractivity contribution is -0.184. The lowest BCUT2D eigenvalue weighted by atomic mass is 10.1. The molecule has 1 N–H and O–H groups in total. The molecule has 84 valence electrons. The Hall–Kier alpha value is -1.85. The standard InChI is InChI=1S/C11H10O5/c1-14-11(13,9-3-2-6-15-9)10-5-4-8(7-12)16-10/h2-7,13H,1H3. The second-order valence-corrected chi connectivity index (χ2v) is 3.15. The number of carbonyl (C=O) groups is 1. The number of methoxy groups -OCH3 is 1. The van der Waals surface area contributed by atoms with Crippen LogP contribution in [0.3, 0.4) is 0 Å². The normalized spacial score (nSPS) is 14.6. The number of hydrogen-bond donors (Lipinski definition) is 1. The summed E-state index contributed by atoms with van der Waals surface area (Å²) in [7, 11) is 1.31. The predicted molar refractivity (Wildman–Crippen MR) is 52.8 cm³/mol. The van der Waals surface area contributed by atoms with E-state index in [2.05, 4.69) is 0 Å². The number of aliphatic hydroxyl groups is 1. The first kappa shape index (κ1) is 10.7. The molecule has 0 amide bonds. The fraction of sp³-hybridized carbons (Fsp3) is 0.182. The molecule has 5 nitrogen and oxygen atoms in total. The third kappa shape index (κ3) is 1.56. The van der Waals surface area contributed by atoms with Gasteiger partial charge in [-0.3, -0.25) is 4.79 Å². The Bertz CT molecular complexity index is 470. The molecule has 0 spiro atoms. The Morgan fingerprint density at radius 2 is 2.19 bits per heavy atom. The molecule has 0 saturated heterocycles. The smallest absolute Gasteiger partial charge is 0.286 e. The predicted octanol–water partition coefficient (Wildman–Crippen LogP) is 1.52. The Balaban J connectivity index is 2.45. The zero-order valence-electron chi connectivity index (χ0n) is 8.54. The second-order valence-electron chi connectivity index (χ2n) is 3.15. The summed E-state index contributed by atoms with van der Waals surface area (Å²) < 4.78 is 15.2. The van der Waals surface area contributed by atoms with Crippen molar-refractivity contribution in [1.82, 2.24) is 0 Å². The molecule has 0 bridgehead atoms. The highest BCUT2D eigenvalue weighted by molar-refractivity contribution is 5.70. The average Bonchev–Trinajstić information content (AvgIpc) is 2.98. The minimum Gasteiger partial charge on any atom is -0.463 e. The van der Waals surface area contributed by atoms with Crippen LogP contribution in [-0.4, -0.2) is 18.5 Å². The van der Waals surface area contributed by atoms with E-state index in [1.807, 2.05) is 0 Å². The topological polar surface area (TPSA) is 72.8 Å². The van der Waals surface area contributed by atoms with Gasteiger partial charge in [0, 0.05) is 7.11 Å². The zero-order valence-corrected chi connectivity index (χ0v) is 8.54. The molecular formula is C11H10O5. The van der Waals surface area contributed by atoms with E-state index < -0.39 is 5.79 Å². The van der Waals surface area contributed by atoms with E-state index in [1.165, 1.54) is 25.5 Å². The van der Waals surface area contributed by atoms with Crippen LogP contribution in [0.2, 0.25) is 0 Å². The van der Waals surface area contributed by atoms with Gasteiger partial charge in [0.25, 0.3) is 5.79 Å². The molecule has 0 aliphatic heterocycles. The molecule has 5 heteroatoms. The summed E-state index contributed by atoms with van der Waals surface area (Å²) in [6, 6.07) is 6.06. The van der Waals surface area contributed by atoms with Gasteiger partial charge in [-0.25, -0.2) is 0 Å². The minimum atomic E-state index is -1.81. The summed E-state index contributed by atoms with van der Waals surface area (Å²) >= 11 is 0. The highest BCUT2D eigenvalue weighted by Crippen LogP contribution is 2.31. The van der Waals surface area contributed by atoms with Crippen molar-refractivity contribution in [3.8, 4) is 0 Å². The first-order valence-corrected chi connectivity index (χ1v) is 4.57. The fourth-order valence-corrected chi connectivity index (χ4v) is 1.39. The van der Waals surface area contributed by atoms with E-state index in [0.29, 0.717) is 6.29 Å². The summed E-state index contributed by atoms with van der Waals surface area (Å²) in [5.74, 6) is -1.43. The SMILES string of the molecule is COC(O)(c1ccco1)c1ccc(C=O)o1. The van der Waals surface area contributed by atoms with E-state index >= 15 is 0 Å². The molecule has 0 aliphatic carbocycles. The van der Waals surface area contributed by atoms with Crippen LogP contribution in [-0.2, 0) is 10.5 Å². The van der Waals surface area contributed by atoms with Gasteiger partial charge in [0.05, 0.1) is 6.26 Å². The molecule has 0 saturated carbocycles. The summed E-state index contributed by atoms with van der Waals surface area (Å²) in [4.78, 5) is 10.5. The molecule has 1 unspecified atom stereocenters. The molecule has 0 aromatic carbocycles. The molecular weight excluding hydrogens is 212 g/mol. The fourth-order valence-electron chi connectivity index (χ4n) is 1.39.